The average Bonchev–Trinajstić information content (AvgIpc) is 2.46. The molecule has 5 unspecified atom stereocenters. The number of hydrogen-bond donors (Lipinski definition) is 0. The molecule has 0 heterocycles. The van der Waals surface area contributed by atoms with Gasteiger partial charge in [0.25, 0.3) is 0 Å². The summed E-state index contributed by atoms with van der Waals surface area (Å²) in [5.41, 5.74) is 1.38. The Bertz CT molecular complexity index is 265. The van der Waals surface area contributed by atoms with Crippen LogP contribution in [0.1, 0.15) is 53.4 Å². The van der Waals surface area contributed by atoms with Gasteiger partial charge in [-0.1, -0.05) is 27.7 Å². The summed E-state index contributed by atoms with van der Waals surface area (Å²) < 4.78 is 0. The van der Waals surface area contributed by atoms with Crippen molar-refractivity contribution in [1.82, 2.24) is 0 Å². The van der Waals surface area contributed by atoms with Crippen LogP contribution in [0.15, 0.2) is 0 Å². The van der Waals surface area contributed by atoms with Crippen LogP contribution in [0.5, 0.6) is 0 Å². The predicted octanol–water partition coefficient (Wildman–Crippen LogP) is 4.10. The molecule has 3 aliphatic carbocycles. The van der Waals surface area contributed by atoms with Gasteiger partial charge in [-0.15, -0.1) is 0 Å². The SMILES string of the molecule is CC1C2CC(C)(C)CC3CC1(C)CC32. The molecule has 3 fully saturated rings. The monoisotopic (exact) mass is 192 g/mol. The van der Waals surface area contributed by atoms with E-state index in [2.05, 4.69) is 27.7 Å². The normalized spacial score (nSPS) is 59.1. The number of hydrogen-bond acceptors (Lipinski definition) is 0. The van der Waals surface area contributed by atoms with Crippen LogP contribution in [-0.2, 0) is 0 Å². The van der Waals surface area contributed by atoms with Crippen molar-refractivity contribution in [2.24, 2.45) is 34.5 Å². The van der Waals surface area contributed by atoms with Crippen LogP contribution < -0.4 is 0 Å². The van der Waals surface area contributed by atoms with Crippen molar-refractivity contribution >= 4 is 0 Å². The molecular formula is C14H24. The Morgan fingerprint density at radius 1 is 0.857 bits per heavy atom. The third-order valence-corrected chi connectivity index (χ3v) is 5.93. The molecule has 0 nitrogen and oxygen atoms in total. The number of rotatable bonds is 0. The second-order valence-electron chi connectivity index (χ2n) is 7.51. The zero-order chi connectivity index (χ0) is 10.1. The van der Waals surface area contributed by atoms with Gasteiger partial charge in [0, 0.05) is 0 Å². The molecule has 2 bridgehead atoms. The fourth-order valence-corrected chi connectivity index (χ4v) is 5.28. The molecule has 0 aromatic rings. The van der Waals surface area contributed by atoms with E-state index in [9.17, 15) is 0 Å². The highest BCUT2D eigenvalue weighted by molar-refractivity contribution is 5.09. The summed E-state index contributed by atoms with van der Waals surface area (Å²) in [5.74, 6) is 4.28. The van der Waals surface area contributed by atoms with Crippen LogP contribution in [-0.4, -0.2) is 0 Å². The lowest BCUT2D eigenvalue weighted by Crippen LogP contribution is -2.40. The third kappa shape index (κ3) is 1.01. The largest absolute Gasteiger partial charge is 0.0617 e. The van der Waals surface area contributed by atoms with Crippen LogP contribution in [0.25, 0.3) is 0 Å². The van der Waals surface area contributed by atoms with Crippen LogP contribution >= 0.6 is 0 Å². The molecule has 3 saturated carbocycles. The Balaban J connectivity index is 1.94. The average molecular weight is 192 g/mol. The van der Waals surface area contributed by atoms with Crippen molar-refractivity contribution in [2.45, 2.75) is 53.4 Å². The lowest BCUT2D eigenvalue weighted by molar-refractivity contribution is 0.0101. The van der Waals surface area contributed by atoms with Gasteiger partial charge in [0.2, 0.25) is 0 Å². The van der Waals surface area contributed by atoms with Crippen molar-refractivity contribution < 1.29 is 0 Å². The maximum absolute atomic E-state index is 2.56. The Hall–Kier alpha value is 0. The smallest absolute Gasteiger partial charge is 0.0292 e. The molecular weight excluding hydrogens is 168 g/mol. The van der Waals surface area contributed by atoms with E-state index < -0.39 is 0 Å². The molecule has 14 heavy (non-hydrogen) atoms. The summed E-state index contributed by atoms with van der Waals surface area (Å²) in [5, 5.41) is 0. The summed E-state index contributed by atoms with van der Waals surface area (Å²) in [4.78, 5) is 0. The maximum Gasteiger partial charge on any atom is -0.0292 e. The summed E-state index contributed by atoms with van der Waals surface area (Å²) in [6.45, 7) is 10.1. The predicted molar refractivity (Wildman–Crippen MR) is 60.0 cm³/mol. The van der Waals surface area contributed by atoms with E-state index in [-0.39, 0.29) is 0 Å². The quantitative estimate of drug-likeness (QED) is 0.542. The lowest BCUT2D eigenvalue weighted by Gasteiger charge is -2.48. The van der Waals surface area contributed by atoms with Crippen LogP contribution in [0.4, 0.5) is 0 Å². The second-order valence-corrected chi connectivity index (χ2v) is 7.51. The standard InChI is InChI=1S/C14H24/c1-9-11-7-13(2,3)5-10-6-14(9,4)8-12(10)11/h9-12H,5-8H2,1-4H3. The van der Waals surface area contributed by atoms with Gasteiger partial charge in [-0.2, -0.15) is 0 Å². The van der Waals surface area contributed by atoms with Crippen LogP contribution in [0.3, 0.4) is 0 Å². The van der Waals surface area contributed by atoms with Crippen LogP contribution in [0, 0.1) is 34.5 Å². The third-order valence-electron chi connectivity index (χ3n) is 5.93. The zero-order valence-corrected chi connectivity index (χ0v) is 10.1. The summed E-state index contributed by atoms with van der Waals surface area (Å²) in [7, 11) is 0. The van der Waals surface area contributed by atoms with Gasteiger partial charge in [-0.25, -0.2) is 0 Å². The highest BCUT2D eigenvalue weighted by Crippen LogP contribution is 2.69. The summed E-state index contributed by atoms with van der Waals surface area (Å²) in [6, 6.07) is 0. The van der Waals surface area contributed by atoms with Gasteiger partial charge in [-0.3, -0.25) is 0 Å². The van der Waals surface area contributed by atoms with Gasteiger partial charge in [0.1, 0.15) is 0 Å². The second kappa shape index (κ2) is 2.39. The molecule has 80 valence electrons. The molecule has 0 heteroatoms. The molecule has 0 N–H and O–H groups in total. The van der Waals surface area contributed by atoms with E-state index in [4.69, 9.17) is 0 Å². The van der Waals surface area contributed by atoms with Crippen LogP contribution in [0.2, 0.25) is 0 Å². The topological polar surface area (TPSA) is 0 Å². The molecule has 5 atom stereocenters. The van der Waals surface area contributed by atoms with Gasteiger partial charge in [0.15, 0.2) is 0 Å². The number of fused-ring (bicyclic) bond motifs is 1. The van der Waals surface area contributed by atoms with Gasteiger partial charge >= 0.3 is 0 Å². The van der Waals surface area contributed by atoms with Crippen molar-refractivity contribution in [2.75, 3.05) is 0 Å². The lowest BCUT2D eigenvalue weighted by atomic mass is 9.57. The fraction of sp³-hybridized carbons (Fsp3) is 1.00. The Labute approximate surface area is 88.5 Å². The van der Waals surface area contributed by atoms with Crippen molar-refractivity contribution in [3.05, 3.63) is 0 Å². The Kier molecular flexibility index (Phi) is 1.58. The molecule has 0 radical (unpaired) electrons. The molecule has 0 saturated heterocycles. The first-order valence-electron chi connectivity index (χ1n) is 6.41. The Morgan fingerprint density at radius 3 is 2.21 bits per heavy atom. The highest BCUT2D eigenvalue weighted by atomic mass is 14.7. The van der Waals surface area contributed by atoms with Gasteiger partial charge in [-0.05, 0) is 60.2 Å². The molecule has 0 amide bonds. The zero-order valence-electron chi connectivity index (χ0n) is 10.1. The van der Waals surface area contributed by atoms with E-state index in [0.717, 1.165) is 29.1 Å². The first kappa shape index (κ1) is 9.24. The Morgan fingerprint density at radius 2 is 1.57 bits per heavy atom. The molecule has 0 spiro atoms. The van der Waals surface area contributed by atoms with Crippen molar-refractivity contribution in [3.8, 4) is 0 Å². The highest BCUT2D eigenvalue weighted by Gasteiger charge is 2.60. The molecule has 0 aliphatic heterocycles. The molecule has 0 aromatic heterocycles. The first-order chi connectivity index (χ1) is 6.41. The molecule has 0 aromatic carbocycles. The van der Waals surface area contributed by atoms with E-state index in [1.54, 1.807) is 12.8 Å². The minimum Gasteiger partial charge on any atom is -0.0617 e. The minimum atomic E-state index is 0.645. The molecule has 3 rings (SSSR count). The summed E-state index contributed by atoms with van der Waals surface area (Å²) in [6.07, 6.45) is 6.11. The molecule has 3 aliphatic rings. The van der Waals surface area contributed by atoms with Crippen molar-refractivity contribution in [1.29, 1.82) is 0 Å². The fourth-order valence-electron chi connectivity index (χ4n) is 5.28. The minimum absolute atomic E-state index is 0.645. The maximum atomic E-state index is 2.56. The first-order valence-corrected chi connectivity index (χ1v) is 6.41. The van der Waals surface area contributed by atoms with E-state index in [1.807, 2.05) is 0 Å². The van der Waals surface area contributed by atoms with E-state index in [0.29, 0.717) is 5.41 Å². The van der Waals surface area contributed by atoms with Gasteiger partial charge < -0.3 is 0 Å². The van der Waals surface area contributed by atoms with E-state index >= 15 is 0 Å². The van der Waals surface area contributed by atoms with Crippen molar-refractivity contribution in [3.63, 3.8) is 0 Å². The van der Waals surface area contributed by atoms with Gasteiger partial charge in [0.05, 0.1) is 0 Å². The summed E-state index contributed by atoms with van der Waals surface area (Å²) >= 11 is 0. The van der Waals surface area contributed by atoms with E-state index in [1.165, 1.54) is 12.8 Å².